The third-order valence-corrected chi connectivity index (χ3v) is 4.52. The Labute approximate surface area is 137 Å². The molecule has 2 aliphatic rings. The Morgan fingerprint density at radius 2 is 2.30 bits per heavy atom. The summed E-state index contributed by atoms with van der Waals surface area (Å²) < 4.78 is 11.9. The van der Waals surface area contributed by atoms with Crippen LogP contribution in [0.4, 0.5) is 0 Å². The molecule has 1 aromatic heterocycles. The average Bonchev–Trinajstić information content (AvgIpc) is 2.51. The number of nitrogens with zero attached hydrogens (tertiary/aromatic N) is 3. The summed E-state index contributed by atoms with van der Waals surface area (Å²) in [7, 11) is 0. The van der Waals surface area contributed by atoms with Gasteiger partial charge in [-0.05, 0) is 12.3 Å². The molecule has 3 rings (SSSR count). The van der Waals surface area contributed by atoms with Crippen molar-refractivity contribution in [3.8, 4) is 5.88 Å². The van der Waals surface area contributed by atoms with Crippen molar-refractivity contribution < 1.29 is 14.3 Å². The minimum atomic E-state index is -0.224. The molecule has 126 valence electrons. The van der Waals surface area contributed by atoms with E-state index in [1.165, 1.54) is 0 Å². The summed E-state index contributed by atoms with van der Waals surface area (Å²) in [5, 5.41) is 0. The molecule has 2 aliphatic heterocycles. The van der Waals surface area contributed by atoms with Crippen LogP contribution >= 0.6 is 0 Å². The van der Waals surface area contributed by atoms with Crippen LogP contribution in [0.15, 0.2) is 18.6 Å². The third-order valence-electron chi connectivity index (χ3n) is 4.52. The van der Waals surface area contributed by atoms with E-state index >= 15 is 0 Å². The Morgan fingerprint density at radius 1 is 1.48 bits per heavy atom. The van der Waals surface area contributed by atoms with Crippen molar-refractivity contribution in [2.75, 3.05) is 19.7 Å². The van der Waals surface area contributed by atoms with Crippen LogP contribution < -0.4 is 4.74 Å². The maximum atomic E-state index is 12.1. The molecular weight excluding hydrogens is 294 g/mol. The molecule has 2 fully saturated rings. The van der Waals surface area contributed by atoms with Gasteiger partial charge in [0.25, 0.3) is 0 Å². The summed E-state index contributed by atoms with van der Waals surface area (Å²) in [5.41, 5.74) is -0.224. The Bertz CT molecular complexity index is 529. The quantitative estimate of drug-likeness (QED) is 0.831. The molecule has 1 amide bonds. The van der Waals surface area contributed by atoms with Gasteiger partial charge in [0.05, 0.1) is 25.9 Å². The molecule has 0 saturated carbocycles. The smallest absolute Gasteiger partial charge is 0.232 e. The monoisotopic (exact) mass is 319 g/mol. The van der Waals surface area contributed by atoms with Crippen molar-refractivity contribution in [2.45, 2.75) is 51.2 Å². The molecule has 0 N–H and O–H groups in total. The van der Waals surface area contributed by atoms with E-state index in [4.69, 9.17) is 9.47 Å². The average molecular weight is 319 g/mol. The third kappa shape index (κ3) is 3.99. The second kappa shape index (κ2) is 6.83. The number of rotatable bonds is 5. The summed E-state index contributed by atoms with van der Waals surface area (Å²) >= 11 is 0. The number of likely N-dealkylation sites (tertiary alicyclic amines) is 1. The van der Waals surface area contributed by atoms with Gasteiger partial charge in [-0.25, -0.2) is 4.98 Å². The van der Waals surface area contributed by atoms with E-state index < -0.39 is 0 Å². The Kier molecular flexibility index (Phi) is 4.80. The lowest BCUT2D eigenvalue weighted by atomic mass is 9.84. The second-order valence-electron chi connectivity index (χ2n) is 6.99. The number of carbonyl (C=O) groups is 1. The number of hydrogen-bond acceptors (Lipinski definition) is 5. The Morgan fingerprint density at radius 3 is 3.00 bits per heavy atom. The molecule has 2 saturated heterocycles. The SMILES string of the molecule is CC(C)CCC(=O)N1CC2(C[C@H](Oc3cnccn3)CCO2)C1. The van der Waals surface area contributed by atoms with Gasteiger partial charge in [0.15, 0.2) is 0 Å². The zero-order chi connectivity index (χ0) is 16.3. The lowest BCUT2D eigenvalue weighted by molar-refractivity contribution is -0.193. The molecular formula is C17H25N3O3. The van der Waals surface area contributed by atoms with Gasteiger partial charge in [0.2, 0.25) is 11.8 Å². The topological polar surface area (TPSA) is 64.6 Å². The summed E-state index contributed by atoms with van der Waals surface area (Å²) in [5.74, 6) is 1.36. The highest BCUT2D eigenvalue weighted by Crippen LogP contribution is 2.36. The normalized spacial score (nSPS) is 22.9. The van der Waals surface area contributed by atoms with Gasteiger partial charge in [0, 0.05) is 31.7 Å². The fourth-order valence-corrected chi connectivity index (χ4v) is 3.22. The van der Waals surface area contributed by atoms with Gasteiger partial charge in [-0.2, -0.15) is 0 Å². The zero-order valence-electron chi connectivity index (χ0n) is 13.9. The maximum absolute atomic E-state index is 12.1. The van der Waals surface area contributed by atoms with Gasteiger partial charge >= 0.3 is 0 Å². The fraction of sp³-hybridized carbons (Fsp3) is 0.706. The van der Waals surface area contributed by atoms with Crippen LogP contribution in [0.2, 0.25) is 0 Å². The van der Waals surface area contributed by atoms with Crippen LogP contribution in [0.25, 0.3) is 0 Å². The van der Waals surface area contributed by atoms with E-state index in [0.717, 1.165) is 19.3 Å². The molecule has 1 aromatic rings. The van der Waals surface area contributed by atoms with Gasteiger partial charge in [-0.15, -0.1) is 0 Å². The van der Waals surface area contributed by atoms with Crippen LogP contribution in [-0.4, -0.2) is 52.2 Å². The number of ether oxygens (including phenoxy) is 2. The highest BCUT2D eigenvalue weighted by molar-refractivity contribution is 5.77. The molecule has 1 atom stereocenters. The summed E-state index contributed by atoms with van der Waals surface area (Å²) in [6.07, 6.45) is 8.19. The summed E-state index contributed by atoms with van der Waals surface area (Å²) in [6.45, 7) is 6.32. The predicted octanol–water partition coefficient (Wildman–Crippen LogP) is 2.05. The first-order valence-corrected chi connectivity index (χ1v) is 8.41. The maximum Gasteiger partial charge on any atom is 0.232 e. The summed E-state index contributed by atoms with van der Waals surface area (Å²) in [6, 6.07) is 0. The van der Waals surface area contributed by atoms with Crippen LogP contribution in [0.5, 0.6) is 5.88 Å². The number of hydrogen-bond donors (Lipinski definition) is 0. The molecule has 6 heteroatoms. The van der Waals surface area contributed by atoms with Crippen LogP contribution in [0, 0.1) is 5.92 Å². The lowest BCUT2D eigenvalue weighted by Gasteiger charge is -2.52. The van der Waals surface area contributed by atoms with Gasteiger partial charge in [-0.1, -0.05) is 13.8 Å². The molecule has 3 heterocycles. The van der Waals surface area contributed by atoms with Gasteiger partial charge in [0.1, 0.15) is 11.7 Å². The fourth-order valence-electron chi connectivity index (χ4n) is 3.22. The van der Waals surface area contributed by atoms with Crippen molar-refractivity contribution >= 4 is 5.91 Å². The van der Waals surface area contributed by atoms with E-state index in [0.29, 0.717) is 37.9 Å². The molecule has 0 radical (unpaired) electrons. The van der Waals surface area contributed by atoms with Crippen molar-refractivity contribution in [1.82, 2.24) is 14.9 Å². The van der Waals surface area contributed by atoms with E-state index in [2.05, 4.69) is 23.8 Å². The molecule has 0 bridgehead atoms. The Balaban J connectivity index is 1.49. The van der Waals surface area contributed by atoms with Crippen molar-refractivity contribution in [2.24, 2.45) is 5.92 Å². The first-order chi connectivity index (χ1) is 11.1. The van der Waals surface area contributed by atoms with E-state index in [1.807, 2.05) is 4.90 Å². The lowest BCUT2D eigenvalue weighted by Crippen LogP contribution is -2.67. The Hall–Kier alpha value is -1.69. The molecule has 0 aromatic carbocycles. The highest BCUT2D eigenvalue weighted by Gasteiger charge is 2.49. The van der Waals surface area contributed by atoms with Gasteiger partial charge < -0.3 is 14.4 Å². The van der Waals surface area contributed by atoms with Gasteiger partial charge in [-0.3, -0.25) is 9.78 Å². The van der Waals surface area contributed by atoms with Crippen molar-refractivity contribution in [3.63, 3.8) is 0 Å². The van der Waals surface area contributed by atoms with Crippen LogP contribution in [0.1, 0.15) is 39.5 Å². The minimum absolute atomic E-state index is 0.0772. The molecule has 6 nitrogen and oxygen atoms in total. The number of aromatic nitrogens is 2. The zero-order valence-corrected chi connectivity index (χ0v) is 13.9. The minimum Gasteiger partial charge on any atom is -0.473 e. The highest BCUT2D eigenvalue weighted by atomic mass is 16.5. The standard InChI is InChI=1S/C17H25N3O3/c1-13(2)3-4-16(21)20-11-17(12-20)9-14(5-8-22-17)23-15-10-18-6-7-19-15/h6-7,10,13-14H,3-5,8-9,11-12H2,1-2H3/t14-/m1/s1. The predicted molar refractivity (Wildman–Crippen MR) is 85.0 cm³/mol. The molecule has 1 spiro atoms. The first-order valence-electron chi connectivity index (χ1n) is 8.41. The van der Waals surface area contributed by atoms with E-state index in [9.17, 15) is 4.79 Å². The van der Waals surface area contributed by atoms with Crippen LogP contribution in [0.3, 0.4) is 0 Å². The summed E-state index contributed by atoms with van der Waals surface area (Å²) in [4.78, 5) is 22.2. The second-order valence-corrected chi connectivity index (χ2v) is 6.99. The number of amides is 1. The van der Waals surface area contributed by atoms with Crippen molar-refractivity contribution in [3.05, 3.63) is 18.6 Å². The molecule has 0 aliphatic carbocycles. The largest absolute Gasteiger partial charge is 0.473 e. The van der Waals surface area contributed by atoms with Crippen molar-refractivity contribution in [1.29, 1.82) is 0 Å². The van der Waals surface area contributed by atoms with Crippen LogP contribution in [-0.2, 0) is 9.53 Å². The first kappa shape index (κ1) is 16.2. The van der Waals surface area contributed by atoms with E-state index in [-0.39, 0.29) is 17.6 Å². The molecule has 23 heavy (non-hydrogen) atoms. The number of carbonyl (C=O) groups excluding carboxylic acids is 1. The van der Waals surface area contributed by atoms with E-state index in [1.54, 1.807) is 18.6 Å². The molecule has 0 unspecified atom stereocenters.